The van der Waals surface area contributed by atoms with Gasteiger partial charge in [-0.15, -0.1) is 11.6 Å². The number of carbonyl (C=O) groups excluding carboxylic acids is 1. The zero-order valence-electron chi connectivity index (χ0n) is 14.2. The molecule has 0 heterocycles. The number of hydrogen-bond donors (Lipinski definition) is 0. The fraction of sp³-hybridized carbons (Fsp3) is 0.850. The molecule has 0 aromatic rings. The summed E-state index contributed by atoms with van der Waals surface area (Å²) in [5, 5.41) is -0.224. The van der Waals surface area contributed by atoms with E-state index in [-0.39, 0.29) is 10.8 Å². The van der Waals surface area contributed by atoms with E-state index in [1.54, 1.807) is 5.57 Å². The maximum Gasteiger partial charge on any atom is 0.156 e. The Hall–Kier alpha value is -0.300. The van der Waals surface area contributed by atoms with Crippen LogP contribution in [0.5, 0.6) is 0 Å². The van der Waals surface area contributed by atoms with E-state index in [1.807, 2.05) is 0 Å². The van der Waals surface area contributed by atoms with Gasteiger partial charge in [0.05, 0.1) is 5.38 Å². The Balaban J connectivity index is 1.70. The highest BCUT2D eigenvalue weighted by Crippen LogP contribution is 2.64. The van der Waals surface area contributed by atoms with Crippen LogP contribution in [0, 0.1) is 34.5 Å². The molecule has 4 aliphatic rings. The number of rotatable bonds is 0. The Morgan fingerprint density at radius 1 is 1.14 bits per heavy atom. The lowest BCUT2D eigenvalue weighted by Crippen LogP contribution is -2.50. The molecule has 0 saturated heterocycles. The predicted octanol–water partition coefficient (Wildman–Crippen LogP) is 5.37. The highest BCUT2D eigenvalue weighted by Gasteiger charge is 2.60. The van der Waals surface area contributed by atoms with Crippen molar-refractivity contribution >= 4 is 17.4 Å². The third kappa shape index (κ3) is 1.87. The predicted molar refractivity (Wildman–Crippen MR) is 90.9 cm³/mol. The van der Waals surface area contributed by atoms with Gasteiger partial charge in [0.25, 0.3) is 0 Å². The van der Waals surface area contributed by atoms with Crippen LogP contribution in [0.25, 0.3) is 0 Å². The van der Waals surface area contributed by atoms with Gasteiger partial charge in [0.1, 0.15) is 0 Å². The molecule has 2 unspecified atom stereocenters. The van der Waals surface area contributed by atoms with E-state index in [1.165, 1.54) is 32.1 Å². The first-order valence-electron chi connectivity index (χ1n) is 9.24. The summed E-state index contributed by atoms with van der Waals surface area (Å²) in [7, 11) is 0. The Labute approximate surface area is 139 Å². The van der Waals surface area contributed by atoms with E-state index in [2.05, 4.69) is 26.8 Å². The molecule has 0 aliphatic heterocycles. The molecule has 0 aromatic heterocycles. The smallest absolute Gasteiger partial charge is 0.156 e. The number of fused-ring (bicyclic) bond motifs is 5. The number of Topliss-reactive ketones (excluding diaryl/α,β-unsaturated/α-hetero) is 1. The largest absolute Gasteiger partial charge is 0.297 e. The third-order valence-corrected chi connectivity index (χ3v) is 8.42. The fourth-order valence-electron chi connectivity index (χ4n) is 6.59. The summed E-state index contributed by atoms with van der Waals surface area (Å²) >= 11 is 6.38. The van der Waals surface area contributed by atoms with Crippen molar-refractivity contribution in [1.82, 2.24) is 0 Å². The normalized spacial score (nSPS) is 54.3. The van der Waals surface area contributed by atoms with Crippen molar-refractivity contribution in [3.8, 4) is 0 Å². The molecule has 1 nitrogen and oxygen atoms in total. The first kappa shape index (κ1) is 15.2. The van der Waals surface area contributed by atoms with Crippen molar-refractivity contribution in [2.75, 3.05) is 0 Å². The molecule has 122 valence electrons. The second kappa shape index (κ2) is 4.85. The monoisotopic (exact) mass is 320 g/mol. The standard InChI is InChI=1S/C20H29ClO/c1-12-6-8-19(2)13(10-12)4-5-14-15(19)7-9-20(3)16(14)11-17(21)18(20)22/h4,12,14-17H,5-11H2,1-3H3/t12?,14-,15-,16+,17?,19+,20+/m1/s1. The van der Waals surface area contributed by atoms with Crippen molar-refractivity contribution in [3.63, 3.8) is 0 Å². The molecule has 0 spiro atoms. The first-order valence-corrected chi connectivity index (χ1v) is 9.68. The summed E-state index contributed by atoms with van der Waals surface area (Å²) in [6.45, 7) is 7.14. The van der Waals surface area contributed by atoms with E-state index < -0.39 is 0 Å². The van der Waals surface area contributed by atoms with Crippen LogP contribution in [0.1, 0.15) is 65.7 Å². The van der Waals surface area contributed by atoms with Gasteiger partial charge in [0.2, 0.25) is 0 Å². The van der Waals surface area contributed by atoms with Gasteiger partial charge in [0.15, 0.2) is 5.78 Å². The summed E-state index contributed by atoms with van der Waals surface area (Å²) in [5.41, 5.74) is 2.02. The molecule has 3 fully saturated rings. The van der Waals surface area contributed by atoms with Gasteiger partial charge in [0, 0.05) is 5.41 Å². The van der Waals surface area contributed by atoms with Crippen LogP contribution in [-0.4, -0.2) is 11.2 Å². The van der Waals surface area contributed by atoms with Crippen molar-refractivity contribution in [2.24, 2.45) is 34.5 Å². The van der Waals surface area contributed by atoms with Crippen molar-refractivity contribution < 1.29 is 4.79 Å². The number of alkyl halides is 1. The van der Waals surface area contributed by atoms with Crippen LogP contribution in [-0.2, 0) is 4.79 Å². The minimum atomic E-state index is -0.224. The maximum absolute atomic E-state index is 12.6. The van der Waals surface area contributed by atoms with Crippen LogP contribution in [0.2, 0.25) is 0 Å². The van der Waals surface area contributed by atoms with Gasteiger partial charge in [-0.3, -0.25) is 4.79 Å². The maximum atomic E-state index is 12.6. The van der Waals surface area contributed by atoms with Crippen LogP contribution in [0.4, 0.5) is 0 Å². The number of ketones is 1. The van der Waals surface area contributed by atoms with Crippen molar-refractivity contribution in [3.05, 3.63) is 11.6 Å². The Morgan fingerprint density at radius 3 is 2.64 bits per heavy atom. The zero-order chi connectivity index (χ0) is 15.7. The molecule has 0 N–H and O–H groups in total. The van der Waals surface area contributed by atoms with E-state index in [4.69, 9.17) is 11.6 Å². The van der Waals surface area contributed by atoms with E-state index in [0.29, 0.717) is 23.0 Å². The van der Waals surface area contributed by atoms with E-state index >= 15 is 0 Å². The molecule has 0 radical (unpaired) electrons. The molecule has 2 heteroatoms. The SMILES string of the molecule is CC1CC[C@@]2(C)C(=CC[C@@H]3[C@H]2CC[C@]2(C)C(=O)C(Cl)C[C@@H]32)C1. The molecule has 0 bridgehead atoms. The third-order valence-electron chi connectivity index (χ3n) is 8.05. The Bertz CT molecular complexity index is 538. The van der Waals surface area contributed by atoms with Crippen LogP contribution in [0.15, 0.2) is 11.6 Å². The van der Waals surface area contributed by atoms with Crippen LogP contribution < -0.4 is 0 Å². The Kier molecular flexibility index (Phi) is 3.36. The zero-order valence-corrected chi connectivity index (χ0v) is 15.0. The highest BCUT2D eigenvalue weighted by atomic mass is 35.5. The summed E-state index contributed by atoms with van der Waals surface area (Å²) in [6.07, 6.45) is 11.0. The summed E-state index contributed by atoms with van der Waals surface area (Å²) in [5.74, 6) is 3.19. The second-order valence-electron chi connectivity index (χ2n) is 9.13. The molecule has 22 heavy (non-hydrogen) atoms. The Morgan fingerprint density at radius 2 is 1.86 bits per heavy atom. The van der Waals surface area contributed by atoms with Gasteiger partial charge in [-0.1, -0.05) is 32.4 Å². The fourth-order valence-corrected chi connectivity index (χ4v) is 7.03. The topological polar surface area (TPSA) is 17.1 Å². The summed E-state index contributed by atoms with van der Waals surface area (Å²) < 4.78 is 0. The van der Waals surface area contributed by atoms with E-state index in [0.717, 1.165) is 24.7 Å². The summed E-state index contributed by atoms with van der Waals surface area (Å²) in [6, 6.07) is 0. The highest BCUT2D eigenvalue weighted by molar-refractivity contribution is 6.32. The van der Waals surface area contributed by atoms with Gasteiger partial charge < -0.3 is 0 Å². The van der Waals surface area contributed by atoms with Gasteiger partial charge >= 0.3 is 0 Å². The van der Waals surface area contributed by atoms with Crippen molar-refractivity contribution in [2.45, 2.75) is 71.1 Å². The molecule has 3 saturated carbocycles. The number of carbonyl (C=O) groups is 1. The van der Waals surface area contributed by atoms with Gasteiger partial charge in [-0.25, -0.2) is 0 Å². The lowest BCUT2D eigenvalue weighted by Gasteiger charge is -2.56. The number of halogens is 1. The van der Waals surface area contributed by atoms with Gasteiger partial charge in [-0.2, -0.15) is 0 Å². The molecule has 0 aromatic carbocycles. The second-order valence-corrected chi connectivity index (χ2v) is 9.66. The van der Waals surface area contributed by atoms with Gasteiger partial charge in [-0.05, 0) is 74.0 Å². The quantitative estimate of drug-likeness (QED) is 0.433. The lowest BCUT2D eigenvalue weighted by atomic mass is 9.47. The molecular formula is C20H29ClO. The molecule has 0 amide bonds. The number of allylic oxidation sites excluding steroid dienone is 2. The van der Waals surface area contributed by atoms with Crippen LogP contribution in [0.3, 0.4) is 0 Å². The first-order chi connectivity index (χ1) is 10.4. The minimum Gasteiger partial charge on any atom is -0.297 e. The van der Waals surface area contributed by atoms with E-state index in [9.17, 15) is 4.79 Å². The summed E-state index contributed by atoms with van der Waals surface area (Å²) in [4.78, 5) is 12.6. The minimum absolute atomic E-state index is 0.128. The molecule has 4 aliphatic carbocycles. The average Bonchev–Trinajstić information content (AvgIpc) is 2.72. The number of hydrogen-bond acceptors (Lipinski definition) is 1. The van der Waals surface area contributed by atoms with Crippen LogP contribution >= 0.6 is 11.6 Å². The molecule has 4 rings (SSSR count). The lowest BCUT2D eigenvalue weighted by molar-refractivity contribution is -0.131. The average molecular weight is 321 g/mol. The molecule has 7 atom stereocenters. The van der Waals surface area contributed by atoms with Crippen molar-refractivity contribution in [1.29, 1.82) is 0 Å². The molecular weight excluding hydrogens is 292 g/mol.